The smallest absolute Gasteiger partial charge is 0.131 e. The highest BCUT2D eigenvalue weighted by Gasteiger charge is 2.03. The van der Waals surface area contributed by atoms with Crippen LogP contribution in [0.3, 0.4) is 0 Å². The monoisotopic (exact) mass is 330 g/mol. The number of nitrogens with one attached hydrogen (secondary N) is 1. The number of fused-ring (bicyclic) bond motifs is 1. The normalized spacial score (nSPS) is 11.4. The van der Waals surface area contributed by atoms with E-state index >= 15 is 0 Å². The number of benzene rings is 3. The Morgan fingerprint density at radius 3 is 2.38 bits per heavy atom. The SMILES string of the molecule is Clc1ccc(/C=C/c2nc3cc(-c4ccccc4)ccc3[nH]2)cc1. The average Bonchev–Trinajstić information content (AvgIpc) is 3.04. The van der Waals surface area contributed by atoms with Gasteiger partial charge in [0.1, 0.15) is 5.82 Å². The van der Waals surface area contributed by atoms with E-state index in [0.29, 0.717) is 0 Å². The molecule has 0 unspecified atom stereocenters. The number of aromatic amines is 1. The van der Waals surface area contributed by atoms with Crippen LogP contribution in [0.1, 0.15) is 11.4 Å². The number of hydrogen-bond acceptors (Lipinski definition) is 1. The van der Waals surface area contributed by atoms with Crippen LogP contribution >= 0.6 is 11.6 Å². The fourth-order valence-corrected chi connectivity index (χ4v) is 2.79. The molecule has 0 aliphatic heterocycles. The summed E-state index contributed by atoms with van der Waals surface area (Å²) in [6.45, 7) is 0. The third-order valence-electron chi connectivity index (χ3n) is 3.91. The lowest BCUT2D eigenvalue weighted by atomic mass is 10.1. The van der Waals surface area contributed by atoms with Gasteiger partial charge in [-0.15, -0.1) is 0 Å². The summed E-state index contributed by atoms with van der Waals surface area (Å²) >= 11 is 5.90. The number of H-pyrrole nitrogens is 1. The molecule has 3 heteroatoms. The van der Waals surface area contributed by atoms with Crippen molar-refractivity contribution in [2.24, 2.45) is 0 Å². The minimum atomic E-state index is 0.740. The van der Waals surface area contributed by atoms with Crippen LogP contribution in [0, 0.1) is 0 Å². The van der Waals surface area contributed by atoms with Crippen molar-refractivity contribution in [3.63, 3.8) is 0 Å². The van der Waals surface area contributed by atoms with Gasteiger partial charge in [0.2, 0.25) is 0 Å². The Kier molecular flexibility index (Phi) is 3.89. The molecule has 0 atom stereocenters. The summed E-state index contributed by atoms with van der Waals surface area (Å²) in [5.74, 6) is 0.838. The first-order chi connectivity index (χ1) is 11.8. The third kappa shape index (κ3) is 3.10. The number of hydrogen-bond donors (Lipinski definition) is 1. The van der Waals surface area contributed by atoms with Crippen LogP contribution in [0.5, 0.6) is 0 Å². The zero-order valence-electron chi connectivity index (χ0n) is 12.9. The second-order valence-electron chi connectivity index (χ2n) is 5.60. The van der Waals surface area contributed by atoms with Gasteiger partial charge in [-0.2, -0.15) is 0 Å². The summed E-state index contributed by atoms with van der Waals surface area (Å²) in [5, 5.41) is 0.740. The van der Waals surface area contributed by atoms with Crippen molar-refractivity contribution in [2.75, 3.05) is 0 Å². The standard InChI is InChI=1S/C21H15ClN2/c22-18-10-6-15(7-11-18)8-13-21-23-19-12-9-17(14-20(19)24-21)16-4-2-1-3-5-16/h1-14H,(H,23,24)/b13-8+. The molecule has 1 aromatic heterocycles. The van der Waals surface area contributed by atoms with E-state index in [2.05, 4.69) is 40.3 Å². The molecule has 4 aromatic rings. The van der Waals surface area contributed by atoms with Crippen LogP contribution in [0.25, 0.3) is 34.3 Å². The molecule has 0 bridgehead atoms. The highest BCUT2D eigenvalue weighted by Crippen LogP contribution is 2.23. The summed E-state index contributed by atoms with van der Waals surface area (Å²) in [6, 6.07) is 24.4. The van der Waals surface area contributed by atoms with E-state index in [1.165, 1.54) is 11.1 Å². The van der Waals surface area contributed by atoms with Crippen molar-refractivity contribution < 1.29 is 0 Å². The van der Waals surface area contributed by atoms with Crippen LogP contribution < -0.4 is 0 Å². The molecule has 0 radical (unpaired) electrons. The first kappa shape index (κ1) is 14.7. The summed E-state index contributed by atoms with van der Waals surface area (Å²) in [5.41, 5.74) is 5.45. The van der Waals surface area contributed by atoms with Gasteiger partial charge in [0.25, 0.3) is 0 Å². The molecule has 24 heavy (non-hydrogen) atoms. The van der Waals surface area contributed by atoms with Crippen molar-refractivity contribution in [1.82, 2.24) is 9.97 Å². The lowest BCUT2D eigenvalue weighted by Gasteiger charge is -2.00. The first-order valence-electron chi connectivity index (χ1n) is 7.77. The molecule has 0 saturated carbocycles. The minimum absolute atomic E-state index is 0.740. The lowest BCUT2D eigenvalue weighted by Crippen LogP contribution is -1.77. The van der Waals surface area contributed by atoms with E-state index in [0.717, 1.165) is 27.4 Å². The zero-order chi connectivity index (χ0) is 16.4. The third-order valence-corrected chi connectivity index (χ3v) is 4.16. The number of aromatic nitrogens is 2. The lowest BCUT2D eigenvalue weighted by molar-refractivity contribution is 1.29. The molecule has 116 valence electrons. The predicted octanol–water partition coefficient (Wildman–Crippen LogP) is 6.05. The van der Waals surface area contributed by atoms with E-state index in [4.69, 9.17) is 11.6 Å². The van der Waals surface area contributed by atoms with E-state index in [1.54, 1.807) is 0 Å². The Balaban J connectivity index is 1.64. The summed E-state index contributed by atoms with van der Waals surface area (Å²) in [6.07, 6.45) is 4.00. The van der Waals surface area contributed by atoms with Crippen LogP contribution in [-0.4, -0.2) is 9.97 Å². The molecule has 1 N–H and O–H groups in total. The highest BCUT2D eigenvalue weighted by atomic mass is 35.5. The van der Waals surface area contributed by atoms with Crippen LogP contribution in [0.4, 0.5) is 0 Å². The van der Waals surface area contributed by atoms with Gasteiger partial charge in [-0.25, -0.2) is 4.98 Å². The largest absolute Gasteiger partial charge is 0.338 e. The van der Waals surface area contributed by atoms with Crippen molar-refractivity contribution >= 4 is 34.8 Å². The molecule has 0 fully saturated rings. The van der Waals surface area contributed by atoms with E-state index in [-0.39, 0.29) is 0 Å². The Morgan fingerprint density at radius 2 is 1.58 bits per heavy atom. The maximum atomic E-state index is 5.90. The average molecular weight is 331 g/mol. The summed E-state index contributed by atoms with van der Waals surface area (Å²) in [4.78, 5) is 7.99. The summed E-state index contributed by atoms with van der Waals surface area (Å²) < 4.78 is 0. The topological polar surface area (TPSA) is 28.7 Å². The molecule has 0 aliphatic carbocycles. The Hall–Kier alpha value is -2.84. The zero-order valence-corrected chi connectivity index (χ0v) is 13.7. The molecule has 2 nitrogen and oxygen atoms in total. The molecule has 3 aromatic carbocycles. The van der Waals surface area contributed by atoms with Gasteiger partial charge in [-0.05, 0) is 47.0 Å². The van der Waals surface area contributed by atoms with Crippen molar-refractivity contribution in [3.8, 4) is 11.1 Å². The Bertz CT molecular complexity index is 999. The number of imidazole rings is 1. The molecule has 0 spiro atoms. The molecular formula is C21H15ClN2. The molecule has 0 amide bonds. The predicted molar refractivity (Wildman–Crippen MR) is 102 cm³/mol. The second-order valence-corrected chi connectivity index (χ2v) is 6.04. The van der Waals surface area contributed by atoms with Gasteiger partial charge in [-0.3, -0.25) is 0 Å². The molecule has 0 aliphatic rings. The fraction of sp³-hybridized carbons (Fsp3) is 0. The number of rotatable bonds is 3. The van der Waals surface area contributed by atoms with E-state index in [1.807, 2.05) is 54.6 Å². The molecule has 0 saturated heterocycles. The van der Waals surface area contributed by atoms with Crippen LogP contribution in [0.15, 0.2) is 72.8 Å². The van der Waals surface area contributed by atoms with Gasteiger partial charge < -0.3 is 4.98 Å². The Morgan fingerprint density at radius 1 is 0.792 bits per heavy atom. The van der Waals surface area contributed by atoms with Gasteiger partial charge in [0.15, 0.2) is 0 Å². The van der Waals surface area contributed by atoms with Crippen molar-refractivity contribution in [2.45, 2.75) is 0 Å². The second kappa shape index (κ2) is 6.34. The summed E-state index contributed by atoms with van der Waals surface area (Å²) in [7, 11) is 0. The quantitative estimate of drug-likeness (QED) is 0.486. The van der Waals surface area contributed by atoms with Gasteiger partial charge in [-0.1, -0.05) is 66.2 Å². The van der Waals surface area contributed by atoms with E-state index in [9.17, 15) is 0 Å². The van der Waals surface area contributed by atoms with Crippen LogP contribution in [-0.2, 0) is 0 Å². The highest BCUT2D eigenvalue weighted by molar-refractivity contribution is 6.30. The maximum Gasteiger partial charge on any atom is 0.131 e. The van der Waals surface area contributed by atoms with Gasteiger partial charge in [0, 0.05) is 5.02 Å². The Labute approximate surface area is 145 Å². The van der Waals surface area contributed by atoms with E-state index < -0.39 is 0 Å². The van der Waals surface area contributed by atoms with Crippen LogP contribution in [0.2, 0.25) is 5.02 Å². The van der Waals surface area contributed by atoms with Crippen molar-refractivity contribution in [3.05, 3.63) is 89.2 Å². The number of nitrogens with zero attached hydrogens (tertiary/aromatic N) is 1. The minimum Gasteiger partial charge on any atom is -0.338 e. The molecule has 4 rings (SSSR count). The number of halogens is 1. The first-order valence-corrected chi connectivity index (χ1v) is 8.14. The molecule has 1 heterocycles. The van der Waals surface area contributed by atoms with Crippen molar-refractivity contribution in [1.29, 1.82) is 0 Å². The molecular weight excluding hydrogens is 316 g/mol. The maximum absolute atomic E-state index is 5.90. The van der Waals surface area contributed by atoms with Gasteiger partial charge in [0.05, 0.1) is 11.0 Å². The fourth-order valence-electron chi connectivity index (χ4n) is 2.66. The van der Waals surface area contributed by atoms with Gasteiger partial charge >= 0.3 is 0 Å².